The fourth-order valence-corrected chi connectivity index (χ4v) is 3.64. The van der Waals surface area contributed by atoms with Crippen LogP contribution < -0.4 is 5.01 Å². The first-order valence-electron chi connectivity index (χ1n) is 9.76. The summed E-state index contributed by atoms with van der Waals surface area (Å²) in [6, 6.07) is 14.9. The molecule has 0 radical (unpaired) electrons. The zero-order valence-electron chi connectivity index (χ0n) is 16.9. The van der Waals surface area contributed by atoms with Crippen molar-refractivity contribution in [2.45, 2.75) is 13.5 Å². The highest BCUT2D eigenvalue weighted by Crippen LogP contribution is 2.30. The van der Waals surface area contributed by atoms with Crippen molar-refractivity contribution in [3.05, 3.63) is 82.6 Å². The molecule has 3 aromatic rings. The van der Waals surface area contributed by atoms with Crippen LogP contribution in [0.4, 0.5) is 5.69 Å². The van der Waals surface area contributed by atoms with E-state index in [0.29, 0.717) is 34.1 Å². The molecular weight excluding hydrogens is 412 g/mol. The molecule has 5 rings (SSSR count). The van der Waals surface area contributed by atoms with Crippen molar-refractivity contribution < 1.29 is 28.6 Å². The van der Waals surface area contributed by atoms with Crippen LogP contribution in [0.2, 0.25) is 0 Å². The molecule has 1 N–H and O–H groups in total. The summed E-state index contributed by atoms with van der Waals surface area (Å²) in [6.45, 7) is 1.94. The second-order valence-corrected chi connectivity index (χ2v) is 7.37. The number of hydrogen-bond acceptors (Lipinski definition) is 6. The van der Waals surface area contributed by atoms with Gasteiger partial charge in [-0.25, -0.2) is 9.59 Å². The Labute approximate surface area is 182 Å². The number of fused-ring (bicyclic) bond motifs is 1. The van der Waals surface area contributed by atoms with Crippen LogP contribution in [0.25, 0.3) is 17.4 Å². The van der Waals surface area contributed by atoms with Gasteiger partial charge in [0.1, 0.15) is 18.1 Å². The molecule has 8 heteroatoms. The van der Waals surface area contributed by atoms with E-state index in [-0.39, 0.29) is 24.0 Å². The van der Waals surface area contributed by atoms with Gasteiger partial charge in [0.15, 0.2) is 0 Å². The predicted molar refractivity (Wildman–Crippen MR) is 115 cm³/mol. The maximum atomic E-state index is 12.9. The van der Waals surface area contributed by atoms with Gasteiger partial charge in [0.25, 0.3) is 5.91 Å². The maximum absolute atomic E-state index is 12.9. The molecule has 8 nitrogen and oxygen atoms in total. The minimum Gasteiger partial charge on any atom is -0.478 e. The molecule has 3 heterocycles. The Balaban J connectivity index is 1.42. The van der Waals surface area contributed by atoms with Gasteiger partial charge in [-0.05, 0) is 55.5 Å². The van der Waals surface area contributed by atoms with Crippen molar-refractivity contribution in [2.75, 3.05) is 5.01 Å². The van der Waals surface area contributed by atoms with Gasteiger partial charge in [-0.15, -0.1) is 0 Å². The van der Waals surface area contributed by atoms with Crippen LogP contribution >= 0.6 is 0 Å². The quantitative estimate of drug-likeness (QED) is 0.495. The largest absolute Gasteiger partial charge is 0.478 e. The smallest absolute Gasteiger partial charge is 0.338 e. The number of cyclic esters (lactones) is 1. The molecular formula is C24H16N2O6. The molecule has 0 saturated heterocycles. The normalized spacial score (nSPS) is 16.3. The van der Waals surface area contributed by atoms with E-state index >= 15 is 0 Å². The Morgan fingerprint density at radius 2 is 1.97 bits per heavy atom. The van der Waals surface area contributed by atoms with Crippen LogP contribution in [0.1, 0.15) is 39.0 Å². The van der Waals surface area contributed by atoms with Gasteiger partial charge < -0.3 is 14.3 Å². The fraction of sp³-hybridized carbons (Fsp3) is 0.0833. The Hall–Kier alpha value is -4.46. The number of aromatic carboxylic acids is 1. The van der Waals surface area contributed by atoms with E-state index < -0.39 is 5.97 Å². The first-order chi connectivity index (χ1) is 15.4. The van der Waals surface area contributed by atoms with E-state index in [0.717, 1.165) is 11.1 Å². The molecule has 0 atom stereocenters. The van der Waals surface area contributed by atoms with Crippen molar-refractivity contribution in [1.82, 2.24) is 0 Å². The lowest BCUT2D eigenvalue weighted by Gasteiger charge is -2.12. The van der Waals surface area contributed by atoms with E-state index in [1.807, 2.05) is 6.07 Å². The lowest BCUT2D eigenvalue weighted by atomic mass is 10.0. The number of benzene rings is 2. The Kier molecular flexibility index (Phi) is 4.48. The van der Waals surface area contributed by atoms with E-state index in [2.05, 4.69) is 5.10 Å². The standard InChI is InChI=1S/C24H16N2O6/c1-13-20(22(27)26(25-13)17-4-2-3-15(10-17)23(28)29)11-18-6-8-21(32-18)14-5-7-19-16(9-14)12-31-24(19)30/h2-11H,12H2,1H3,(H,28,29). The van der Waals surface area contributed by atoms with Gasteiger partial charge in [-0.3, -0.25) is 4.79 Å². The molecule has 1 aromatic heterocycles. The van der Waals surface area contributed by atoms with Crippen molar-refractivity contribution in [3.8, 4) is 11.3 Å². The second-order valence-electron chi connectivity index (χ2n) is 7.37. The number of nitrogens with zero attached hydrogens (tertiary/aromatic N) is 2. The second kappa shape index (κ2) is 7.35. The predicted octanol–water partition coefficient (Wildman–Crippen LogP) is 4.12. The van der Waals surface area contributed by atoms with Gasteiger partial charge in [0, 0.05) is 11.1 Å². The summed E-state index contributed by atoms with van der Waals surface area (Å²) in [5, 5.41) is 14.6. The number of carboxylic acid groups (broad SMARTS) is 1. The van der Waals surface area contributed by atoms with Gasteiger partial charge >= 0.3 is 11.9 Å². The molecule has 2 aliphatic heterocycles. The average Bonchev–Trinajstić information content (AvgIpc) is 3.48. The minimum atomic E-state index is -1.08. The Morgan fingerprint density at radius 3 is 2.78 bits per heavy atom. The van der Waals surface area contributed by atoms with Crippen LogP contribution in [0.5, 0.6) is 0 Å². The molecule has 0 unspecified atom stereocenters. The summed E-state index contributed by atoms with van der Waals surface area (Å²) >= 11 is 0. The van der Waals surface area contributed by atoms with Gasteiger partial charge in [-0.2, -0.15) is 10.1 Å². The lowest BCUT2D eigenvalue weighted by molar-refractivity contribution is -0.114. The molecule has 0 bridgehead atoms. The number of carbonyl (C=O) groups excluding carboxylic acids is 2. The molecule has 2 aliphatic rings. The van der Waals surface area contributed by atoms with Crippen LogP contribution in [0.3, 0.4) is 0 Å². The number of anilines is 1. The lowest BCUT2D eigenvalue weighted by Crippen LogP contribution is -2.21. The molecule has 0 aliphatic carbocycles. The summed E-state index contributed by atoms with van der Waals surface area (Å²) < 4.78 is 10.9. The van der Waals surface area contributed by atoms with Gasteiger partial charge in [-0.1, -0.05) is 12.1 Å². The number of hydrogen-bond donors (Lipinski definition) is 1. The number of rotatable bonds is 4. The maximum Gasteiger partial charge on any atom is 0.338 e. The summed E-state index contributed by atoms with van der Waals surface area (Å²) in [4.78, 5) is 35.8. The molecule has 32 heavy (non-hydrogen) atoms. The average molecular weight is 428 g/mol. The number of esters is 1. The molecule has 1 amide bonds. The zero-order valence-corrected chi connectivity index (χ0v) is 16.9. The third kappa shape index (κ3) is 3.27. The van der Waals surface area contributed by atoms with Crippen molar-refractivity contribution in [2.24, 2.45) is 5.10 Å². The molecule has 0 spiro atoms. The van der Waals surface area contributed by atoms with E-state index in [1.54, 1.807) is 49.4 Å². The third-order valence-corrected chi connectivity index (χ3v) is 5.28. The molecule has 158 valence electrons. The van der Waals surface area contributed by atoms with E-state index in [1.165, 1.54) is 17.1 Å². The Bertz CT molecular complexity index is 1360. The van der Waals surface area contributed by atoms with Gasteiger partial charge in [0.2, 0.25) is 0 Å². The number of amides is 1. The molecule has 0 saturated carbocycles. The highest BCUT2D eigenvalue weighted by Gasteiger charge is 2.29. The van der Waals surface area contributed by atoms with Crippen LogP contribution in [-0.2, 0) is 16.1 Å². The monoisotopic (exact) mass is 428 g/mol. The third-order valence-electron chi connectivity index (χ3n) is 5.28. The van der Waals surface area contributed by atoms with E-state index in [4.69, 9.17) is 9.15 Å². The molecule has 0 fully saturated rings. The summed E-state index contributed by atoms with van der Waals surface area (Å²) in [5.74, 6) is -0.738. The number of carboxylic acids is 1. The Morgan fingerprint density at radius 1 is 1.12 bits per heavy atom. The molecule has 2 aromatic carbocycles. The first kappa shape index (κ1) is 19.5. The van der Waals surface area contributed by atoms with Crippen LogP contribution in [0, 0.1) is 0 Å². The number of furan rings is 1. The minimum absolute atomic E-state index is 0.0673. The van der Waals surface area contributed by atoms with E-state index in [9.17, 15) is 19.5 Å². The SMILES string of the molecule is CC1=NN(c2cccc(C(=O)O)c2)C(=O)C1=Cc1ccc(-c2ccc3c(c2)COC3=O)o1. The highest BCUT2D eigenvalue weighted by molar-refractivity contribution is 6.32. The fourth-order valence-electron chi connectivity index (χ4n) is 3.64. The van der Waals surface area contributed by atoms with Crippen molar-refractivity contribution in [3.63, 3.8) is 0 Å². The summed E-state index contributed by atoms with van der Waals surface area (Å²) in [5.41, 5.74) is 3.42. The zero-order chi connectivity index (χ0) is 22.4. The van der Waals surface area contributed by atoms with Crippen molar-refractivity contribution >= 4 is 35.3 Å². The van der Waals surface area contributed by atoms with Crippen molar-refractivity contribution in [1.29, 1.82) is 0 Å². The van der Waals surface area contributed by atoms with Gasteiger partial charge in [0.05, 0.1) is 28.1 Å². The summed E-state index contributed by atoms with van der Waals surface area (Å²) in [7, 11) is 0. The number of carbonyl (C=O) groups is 3. The summed E-state index contributed by atoms with van der Waals surface area (Å²) in [6.07, 6.45) is 1.60. The first-order valence-corrected chi connectivity index (χ1v) is 9.76. The van der Waals surface area contributed by atoms with Crippen LogP contribution in [0.15, 0.2) is 69.7 Å². The van der Waals surface area contributed by atoms with Crippen LogP contribution in [-0.4, -0.2) is 28.7 Å². The highest BCUT2D eigenvalue weighted by atomic mass is 16.5. The topological polar surface area (TPSA) is 109 Å². The number of ether oxygens (including phenoxy) is 1. The number of hydrazone groups is 1.